The van der Waals surface area contributed by atoms with Crippen LogP contribution in [0.25, 0.3) is 0 Å². The van der Waals surface area contributed by atoms with Gasteiger partial charge in [0.2, 0.25) is 0 Å². The van der Waals surface area contributed by atoms with Crippen LogP contribution in [0.3, 0.4) is 0 Å². The molecule has 2 unspecified atom stereocenters. The monoisotopic (exact) mass is 269 g/mol. The Kier molecular flexibility index (Phi) is 4.59. The minimum Gasteiger partial charge on any atom is -0.348 e. The van der Waals surface area contributed by atoms with Crippen molar-refractivity contribution >= 4 is 17.5 Å². The van der Waals surface area contributed by atoms with Crippen LogP contribution in [0, 0.1) is 5.82 Å². The van der Waals surface area contributed by atoms with Crippen LogP contribution in [0.15, 0.2) is 24.3 Å². The molecule has 0 saturated heterocycles. The average molecular weight is 270 g/mol. The third kappa shape index (κ3) is 3.45. The fourth-order valence-corrected chi connectivity index (χ4v) is 2.62. The molecule has 2 atom stereocenters. The molecular weight excluding hydrogens is 253 g/mol. The lowest BCUT2D eigenvalue weighted by Gasteiger charge is -2.21. The van der Waals surface area contributed by atoms with Gasteiger partial charge in [0.1, 0.15) is 5.82 Å². The summed E-state index contributed by atoms with van der Waals surface area (Å²) >= 11 is 6.27. The van der Waals surface area contributed by atoms with E-state index in [2.05, 4.69) is 5.32 Å². The normalized spacial score (nSPS) is 24.3. The van der Waals surface area contributed by atoms with E-state index in [0.717, 1.165) is 25.7 Å². The quantitative estimate of drug-likeness (QED) is 0.646. The fourth-order valence-electron chi connectivity index (χ4n) is 2.28. The predicted octanol–water partition coefficient (Wildman–Crippen LogP) is 3.50. The number of carbonyl (C=O) groups is 1. The van der Waals surface area contributed by atoms with Gasteiger partial charge < -0.3 is 5.32 Å². The second-order valence-electron chi connectivity index (χ2n) is 4.74. The maximum atomic E-state index is 12.8. The number of nitrogens with one attached hydrogen (secondary N) is 1. The first kappa shape index (κ1) is 13.3. The van der Waals surface area contributed by atoms with Crippen molar-refractivity contribution in [2.75, 3.05) is 0 Å². The number of benzene rings is 1. The van der Waals surface area contributed by atoms with Gasteiger partial charge in [0.25, 0.3) is 5.91 Å². The number of hydrogen-bond donors (Lipinski definition) is 1. The molecule has 0 radical (unpaired) electrons. The molecule has 2 nitrogen and oxygen atoms in total. The molecule has 0 bridgehead atoms. The lowest BCUT2D eigenvalue weighted by atomic mass is 10.1. The number of rotatable bonds is 2. The second-order valence-corrected chi connectivity index (χ2v) is 5.30. The van der Waals surface area contributed by atoms with Crippen LogP contribution in [0.1, 0.15) is 42.5 Å². The number of amides is 1. The minimum absolute atomic E-state index is 0.00287. The van der Waals surface area contributed by atoms with Crippen molar-refractivity contribution in [2.45, 2.75) is 43.5 Å². The molecule has 1 aliphatic rings. The van der Waals surface area contributed by atoms with Crippen LogP contribution >= 0.6 is 11.6 Å². The van der Waals surface area contributed by atoms with E-state index in [1.165, 1.54) is 30.7 Å². The van der Waals surface area contributed by atoms with Gasteiger partial charge >= 0.3 is 0 Å². The van der Waals surface area contributed by atoms with Gasteiger partial charge in [-0.2, -0.15) is 0 Å². The van der Waals surface area contributed by atoms with E-state index < -0.39 is 0 Å². The standard InChI is InChI=1S/C14H17ClFNO/c15-12-4-2-1-3-5-13(12)17-14(18)10-6-8-11(16)9-7-10/h6-9,12-13H,1-5H2,(H,17,18). The molecule has 4 heteroatoms. The Bertz CT molecular complexity index is 407. The van der Waals surface area contributed by atoms with E-state index in [1.807, 2.05) is 0 Å². The molecule has 2 rings (SSSR count). The molecule has 1 aliphatic carbocycles. The highest BCUT2D eigenvalue weighted by Gasteiger charge is 2.23. The highest BCUT2D eigenvalue weighted by molar-refractivity contribution is 6.21. The first-order chi connectivity index (χ1) is 8.66. The molecule has 18 heavy (non-hydrogen) atoms. The number of hydrogen-bond acceptors (Lipinski definition) is 1. The van der Waals surface area contributed by atoms with Crippen LogP contribution in [0.2, 0.25) is 0 Å². The summed E-state index contributed by atoms with van der Waals surface area (Å²) in [6.07, 6.45) is 5.25. The van der Waals surface area contributed by atoms with Gasteiger partial charge in [-0.15, -0.1) is 11.6 Å². The summed E-state index contributed by atoms with van der Waals surface area (Å²) in [7, 11) is 0. The van der Waals surface area contributed by atoms with Gasteiger partial charge in [-0.1, -0.05) is 19.3 Å². The van der Waals surface area contributed by atoms with E-state index in [4.69, 9.17) is 11.6 Å². The molecule has 1 aromatic carbocycles. The van der Waals surface area contributed by atoms with E-state index in [-0.39, 0.29) is 23.1 Å². The summed E-state index contributed by atoms with van der Waals surface area (Å²) < 4.78 is 12.8. The van der Waals surface area contributed by atoms with E-state index in [1.54, 1.807) is 0 Å². The molecule has 0 spiro atoms. The Morgan fingerprint density at radius 2 is 1.83 bits per heavy atom. The zero-order valence-electron chi connectivity index (χ0n) is 10.2. The van der Waals surface area contributed by atoms with Crippen molar-refractivity contribution in [1.29, 1.82) is 0 Å². The minimum atomic E-state index is -0.337. The fraction of sp³-hybridized carbons (Fsp3) is 0.500. The molecule has 0 heterocycles. The van der Waals surface area contributed by atoms with Crippen LogP contribution in [0.4, 0.5) is 4.39 Å². The van der Waals surface area contributed by atoms with Gasteiger partial charge in [0, 0.05) is 11.6 Å². The third-order valence-electron chi connectivity index (χ3n) is 3.35. The SMILES string of the molecule is O=C(NC1CCCCCC1Cl)c1ccc(F)cc1. The Balaban J connectivity index is 1.99. The average Bonchev–Trinajstić information content (AvgIpc) is 2.56. The Morgan fingerprint density at radius 3 is 2.56 bits per heavy atom. The van der Waals surface area contributed by atoms with Crippen LogP contribution < -0.4 is 5.32 Å². The van der Waals surface area contributed by atoms with E-state index in [0.29, 0.717) is 5.56 Å². The molecule has 1 aromatic rings. The van der Waals surface area contributed by atoms with Gasteiger partial charge in [-0.3, -0.25) is 4.79 Å². The third-order valence-corrected chi connectivity index (χ3v) is 3.88. The summed E-state index contributed by atoms with van der Waals surface area (Å²) in [6, 6.07) is 5.59. The van der Waals surface area contributed by atoms with Gasteiger partial charge in [0.05, 0.1) is 5.38 Å². The number of halogens is 2. The van der Waals surface area contributed by atoms with Crippen LogP contribution in [-0.4, -0.2) is 17.3 Å². The zero-order valence-corrected chi connectivity index (χ0v) is 10.9. The van der Waals surface area contributed by atoms with Crippen molar-refractivity contribution in [2.24, 2.45) is 0 Å². The van der Waals surface area contributed by atoms with Gasteiger partial charge in [-0.25, -0.2) is 4.39 Å². The number of carbonyl (C=O) groups excluding carboxylic acids is 1. The molecule has 1 fully saturated rings. The summed E-state index contributed by atoms with van der Waals surface area (Å²) in [5.41, 5.74) is 0.476. The molecule has 1 saturated carbocycles. The first-order valence-corrected chi connectivity index (χ1v) is 6.81. The van der Waals surface area contributed by atoms with Crippen molar-refractivity contribution in [1.82, 2.24) is 5.32 Å². The number of alkyl halides is 1. The Labute approximate surface area is 112 Å². The van der Waals surface area contributed by atoms with Gasteiger partial charge in [-0.05, 0) is 37.1 Å². The molecule has 1 amide bonds. The summed E-state index contributed by atoms with van der Waals surface area (Å²) in [6.45, 7) is 0. The van der Waals surface area contributed by atoms with E-state index >= 15 is 0 Å². The smallest absolute Gasteiger partial charge is 0.251 e. The highest BCUT2D eigenvalue weighted by Crippen LogP contribution is 2.22. The van der Waals surface area contributed by atoms with E-state index in [9.17, 15) is 9.18 Å². The summed E-state index contributed by atoms with van der Waals surface area (Å²) in [5.74, 6) is -0.510. The molecule has 98 valence electrons. The largest absolute Gasteiger partial charge is 0.348 e. The zero-order chi connectivity index (χ0) is 13.0. The maximum absolute atomic E-state index is 12.8. The van der Waals surface area contributed by atoms with Crippen molar-refractivity contribution in [3.05, 3.63) is 35.6 Å². The lowest BCUT2D eigenvalue weighted by molar-refractivity contribution is 0.0934. The topological polar surface area (TPSA) is 29.1 Å². The Hall–Kier alpha value is -1.09. The van der Waals surface area contributed by atoms with Crippen LogP contribution in [-0.2, 0) is 0 Å². The van der Waals surface area contributed by atoms with Crippen molar-refractivity contribution < 1.29 is 9.18 Å². The van der Waals surface area contributed by atoms with Crippen LogP contribution in [0.5, 0.6) is 0 Å². The second kappa shape index (κ2) is 6.19. The molecule has 1 N–H and O–H groups in total. The predicted molar refractivity (Wildman–Crippen MR) is 70.4 cm³/mol. The summed E-state index contributed by atoms with van der Waals surface area (Å²) in [4.78, 5) is 12.0. The molecule has 0 aromatic heterocycles. The Morgan fingerprint density at radius 1 is 1.17 bits per heavy atom. The maximum Gasteiger partial charge on any atom is 0.251 e. The van der Waals surface area contributed by atoms with Crippen molar-refractivity contribution in [3.63, 3.8) is 0 Å². The molecular formula is C14H17ClFNO. The highest BCUT2D eigenvalue weighted by atomic mass is 35.5. The first-order valence-electron chi connectivity index (χ1n) is 6.37. The molecule has 0 aliphatic heterocycles. The summed E-state index contributed by atoms with van der Waals surface area (Å²) in [5, 5.41) is 2.95. The van der Waals surface area contributed by atoms with Crippen molar-refractivity contribution in [3.8, 4) is 0 Å². The lowest BCUT2D eigenvalue weighted by Crippen LogP contribution is -2.40. The van der Waals surface area contributed by atoms with Gasteiger partial charge in [0.15, 0.2) is 0 Å².